The highest BCUT2D eigenvalue weighted by Gasteiger charge is 2.12. The highest BCUT2D eigenvalue weighted by molar-refractivity contribution is 5.94. The number of rotatable bonds is 7. The molecular formula is C20H19F2N3O2. The molecular weight excluding hydrogens is 352 g/mol. The van der Waals surface area contributed by atoms with Crippen LogP contribution in [-0.4, -0.2) is 34.2 Å². The normalized spacial score (nSPS) is 10.8. The Balaban J connectivity index is 1.59. The number of ether oxygens (including phenoxy) is 1. The molecule has 0 saturated carbocycles. The Bertz CT molecular complexity index is 863. The van der Waals surface area contributed by atoms with Crippen molar-refractivity contribution in [1.82, 2.24) is 14.7 Å². The predicted molar refractivity (Wildman–Crippen MR) is 96.6 cm³/mol. The van der Waals surface area contributed by atoms with Crippen molar-refractivity contribution in [2.24, 2.45) is 0 Å². The maximum Gasteiger partial charge on any atom is 0.387 e. The average Bonchev–Trinajstić information content (AvgIpc) is 3.16. The average molecular weight is 371 g/mol. The Kier molecular flexibility index (Phi) is 5.80. The Morgan fingerprint density at radius 2 is 1.78 bits per heavy atom. The van der Waals surface area contributed by atoms with Crippen molar-refractivity contribution < 1.29 is 18.3 Å². The van der Waals surface area contributed by atoms with Crippen LogP contribution in [0.4, 0.5) is 8.78 Å². The molecule has 0 fully saturated rings. The van der Waals surface area contributed by atoms with Gasteiger partial charge in [-0.3, -0.25) is 9.48 Å². The maximum atomic E-state index is 12.6. The van der Waals surface area contributed by atoms with Crippen LogP contribution in [0.25, 0.3) is 0 Å². The van der Waals surface area contributed by atoms with Crippen molar-refractivity contribution in [3.8, 4) is 5.75 Å². The molecule has 0 bridgehead atoms. The number of amides is 1. The summed E-state index contributed by atoms with van der Waals surface area (Å²) in [6, 6.07) is 15.5. The van der Waals surface area contributed by atoms with Crippen LogP contribution < -0.4 is 4.74 Å². The van der Waals surface area contributed by atoms with Gasteiger partial charge in [0, 0.05) is 31.5 Å². The van der Waals surface area contributed by atoms with E-state index in [4.69, 9.17) is 0 Å². The van der Waals surface area contributed by atoms with Crippen LogP contribution in [0.3, 0.4) is 0 Å². The van der Waals surface area contributed by atoms with Crippen LogP contribution in [0.15, 0.2) is 67.0 Å². The van der Waals surface area contributed by atoms with Crippen LogP contribution in [0.2, 0.25) is 0 Å². The van der Waals surface area contributed by atoms with Gasteiger partial charge in [-0.05, 0) is 41.5 Å². The lowest BCUT2D eigenvalue weighted by atomic mass is 10.1. The minimum Gasteiger partial charge on any atom is -0.435 e. The van der Waals surface area contributed by atoms with Crippen molar-refractivity contribution in [2.75, 3.05) is 7.05 Å². The Labute approximate surface area is 155 Å². The molecule has 2 aromatic carbocycles. The van der Waals surface area contributed by atoms with Gasteiger partial charge in [0.25, 0.3) is 5.91 Å². The maximum absolute atomic E-state index is 12.6. The predicted octanol–water partition coefficient (Wildman–Crippen LogP) is 3.81. The second-order valence-electron chi connectivity index (χ2n) is 6.08. The summed E-state index contributed by atoms with van der Waals surface area (Å²) in [5.41, 5.74) is 2.45. The number of hydrogen-bond acceptors (Lipinski definition) is 3. The zero-order chi connectivity index (χ0) is 19.2. The molecule has 7 heteroatoms. The molecule has 1 aromatic heterocycles. The van der Waals surface area contributed by atoms with Crippen LogP contribution in [0.5, 0.6) is 5.75 Å². The highest BCUT2D eigenvalue weighted by atomic mass is 19.3. The van der Waals surface area contributed by atoms with E-state index in [1.807, 2.05) is 29.1 Å². The number of halogens is 2. The van der Waals surface area contributed by atoms with Crippen LogP contribution >= 0.6 is 0 Å². The molecule has 140 valence electrons. The van der Waals surface area contributed by atoms with Gasteiger partial charge in [0.15, 0.2) is 0 Å². The van der Waals surface area contributed by atoms with Gasteiger partial charge in [-0.15, -0.1) is 0 Å². The van der Waals surface area contributed by atoms with Gasteiger partial charge >= 0.3 is 6.61 Å². The van der Waals surface area contributed by atoms with Crippen molar-refractivity contribution in [3.05, 3.63) is 83.7 Å². The summed E-state index contributed by atoms with van der Waals surface area (Å²) in [6.45, 7) is -1.84. The lowest BCUT2D eigenvalue weighted by Gasteiger charge is -2.18. The zero-order valence-corrected chi connectivity index (χ0v) is 14.8. The van der Waals surface area contributed by atoms with E-state index < -0.39 is 6.61 Å². The first-order valence-electron chi connectivity index (χ1n) is 8.37. The third kappa shape index (κ3) is 5.13. The second kappa shape index (κ2) is 8.44. The van der Waals surface area contributed by atoms with Gasteiger partial charge in [-0.1, -0.05) is 24.3 Å². The summed E-state index contributed by atoms with van der Waals surface area (Å²) in [5, 5.41) is 4.16. The fraction of sp³-hybridized carbons (Fsp3) is 0.200. The minimum absolute atomic E-state index is 0.0931. The summed E-state index contributed by atoms with van der Waals surface area (Å²) in [7, 11) is 1.70. The summed E-state index contributed by atoms with van der Waals surface area (Å²) < 4.78 is 30.5. The lowest BCUT2D eigenvalue weighted by molar-refractivity contribution is -0.0498. The summed E-state index contributed by atoms with van der Waals surface area (Å²) >= 11 is 0. The molecule has 0 unspecified atom stereocenters. The number of benzene rings is 2. The number of hydrogen-bond donors (Lipinski definition) is 0. The van der Waals surface area contributed by atoms with Gasteiger partial charge in [-0.25, -0.2) is 0 Å². The van der Waals surface area contributed by atoms with E-state index in [9.17, 15) is 13.6 Å². The molecule has 27 heavy (non-hydrogen) atoms. The Morgan fingerprint density at radius 3 is 2.37 bits per heavy atom. The molecule has 0 spiro atoms. The fourth-order valence-electron chi connectivity index (χ4n) is 2.68. The van der Waals surface area contributed by atoms with Gasteiger partial charge < -0.3 is 9.64 Å². The topological polar surface area (TPSA) is 47.4 Å². The summed E-state index contributed by atoms with van der Waals surface area (Å²) in [4.78, 5) is 14.1. The molecule has 0 aliphatic carbocycles. The first-order chi connectivity index (χ1) is 13.0. The fourth-order valence-corrected chi connectivity index (χ4v) is 2.68. The summed E-state index contributed by atoms with van der Waals surface area (Å²) in [5.74, 6) is -0.0240. The molecule has 0 N–H and O–H groups in total. The molecule has 3 aromatic rings. The van der Waals surface area contributed by atoms with E-state index >= 15 is 0 Å². The highest BCUT2D eigenvalue weighted by Crippen LogP contribution is 2.16. The molecule has 0 radical (unpaired) electrons. The van der Waals surface area contributed by atoms with Gasteiger partial charge in [-0.2, -0.15) is 13.9 Å². The van der Waals surface area contributed by atoms with Crippen molar-refractivity contribution in [3.63, 3.8) is 0 Å². The quantitative estimate of drug-likeness (QED) is 0.635. The van der Waals surface area contributed by atoms with Crippen molar-refractivity contribution in [2.45, 2.75) is 19.7 Å². The van der Waals surface area contributed by atoms with Gasteiger partial charge in [0.2, 0.25) is 0 Å². The minimum atomic E-state index is -2.85. The number of carbonyl (C=O) groups is 1. The molecule has 0 aliphatic rings. The third-order valence-corrected chi connectivity index (χ3v) is 4.02. The monoisotopic (exact) mass is 371 g/mol. The molecule has 0 saturated heterocycles. The van der Waals surface area contributed by atoms with Gasteiger partial charge in [0.1, 0.15) is 5.75 Å². The van der Waals surface area contributed by atoms with E-state index in [1.165, 1.54) is 12.1 Å². The molecule has 3 rings (SSSR count). The molecule has 1 heterocycles. The molecule has 1 amide bonds. The molecule has 0 atom stereocenters. The lowest BCUT2D eigenvalue weighted by Crippen LogP contribution is -2.26. The first kappa shape index (κ1) is 18.6. The summed E-state index contributed by atoms with van der Waals surface area (Å²) in [6.07, 6.45) is 3.60. The zero-order valence-electron chi connectivity index (χ0n) is 14.8. The number of carbonyl (C=O) groups excluding carboxylic acids is 1. The van der Waals surface area contributed by atoms with Crippen LogP contribution in [-0.2, 0) is 13.1 Å². The van der Waals surface area contributed by atoms with Crippen LogP contribution in [0.1, 0.15) is 21.5 Å². The standard InChI is InChI=1S/C20H19F2N3O2/c1-24(13-15-5-9-18(10-6-15)27-20(21)22)19(26)17-7-3-16(4-8-17)14-25-12-2-11-23-25/h2-12,20H,13-14H2,1H3. The van der Waals surface area contributed by atoms with E-state index in [1.54, 1.807) is 42.4 Å². The van der Waals surface area contributed by atoms with E-state index in [0.29, 0.717) is 18.7 Å². The largest absolute Gasteiger partial charge is 0.435 e. The van der Waals surface area contributed by atoms with Crippen molar-refractivity contribution >= 4 is 5.91 Å². The third-order valence-electron chi connectivity index (χ3n) is 4.02. The molecule has 0 aliphatic heterocycles. The SMILES string of the molecule is CN(Cc1ccc(OC(F)F)cc1)C(=O)c1ccc(Cn2cccn2)cc1. The van der Waals surface area contributed by atoms with Crippen LogP contribution in [0, 0.1) is 0 Å². The number of aromatic nitrogens is 2. The van der Waals surface area contributed by atoms with E-state index in [-0.39, 0.29) is 11.7 Å². The van der Waals surface area contributed by atoms with E-state index in [0.717, 1.165) is 11.1 Å². The Morgan fingerprint density at radius 1 is 1.11 bits per heavy atom. The molecule has 5 nitrogen and oxygen atoms in total. The Hall–Kier alpha value is -3.22. The van der Waals surface area contributed by atoms with Crippen molar-refractivity contribution in [1.29, 1.82) is 0 Å². The number of alkyl halides is 2. The smallest absolute Gasteiger partial charge is 0.387 e. The second-order valence-corrected chi connectivity index (χ2v) is 6.08. The first-order valence-corrected chi connectivity index (χ1v) is 8.37. The number of nitrogens with zero attached hydrogens (tertiary/aromatic N) is 3. The van der Waals surface area contributed by atoms with E-state index in [2.05, 4.69) is 9.84 Å². The van der Waals surface area contributed by atoms with Gasteiger partial charge in [0.05, 0.1) is 6.54 Å².